The van der Waals surface area contributed by atoms with E-state index in [4.69, 9.17) is 9.47 Å². The predicted octanol–water partition coefficient (Wildman–Crippen LogP) is 2.73. The van der Waals surface area contributed by atoms with Crippen molar-refractivity contribution in [2.75, 3.05) is 20.0 Å². The van der Waals surface area contributed by atoms with Gasteiger partial charge >= 0.3 is 0 Å². The van der Waals surface area contributed by atoms with Gasteiger partial charge in [-0.2, -0.15) is 0 Å². The maximum Gasteiger partial charge on any atom is 0.193 e. The molecule has 23 heavy (non-hydrogen) atoms. The van der Waals surface area contributed by atoms with Crippen LogP contribution < -0.4 is 9.47 Å². The molecule has 0 aliphatic carbocycles. The van der Waals surface area contributed by atoms with E-state index >= 15 is 0 Å². The summed E-state index contributed by atoms with van der Waals surface area (Å²) in [4.78, 5) is 12.7. The lowest BCUT2D eigenvalue weighted by Crippen LogP contribution is -2.06. The number of ketones is 1. The molecule has 5 nitrogen and oxygen atoms in total. The van der Waals surface area contributed by atoms with Crippen molar-refractivity contribution >= 4 is 15.6 Å². The van der Waals surface area contributed by atoms with Crippen molar-refractivity contribution in [2.45, 2.75) is 11.8 Å². The summed E-state index contributed by atoms with van der Waals surface area (Å²) < 4.78 is 33.9. The highest BCUT2D eigenvalue weighted by atomic mass is 32.2. The van der Waals surface area contributed by atoms with E-state index in [1.807, 2.05) is 0 Å². The maximum absolute atomic E-state index is 12.5. The highest BCUT2D eigenvalue weighted by Crippen LogP contribution is 2.28. The molecule has 6 heteroatoms. The van der Waals surface area contributed by atoms with Gasteiger partial charge < -0.3 is 9.47 Å². The molecule has 0 atom stereocenters. The van der Waals surface area contributed by atoms with Crippen molar-refractivity contribution in [1.82, 2.24) is 0 Å². The van der Waals surface area contributed by atoms with E-state index in [1.165, 1.54) is 38.5 Å². The van der Waals surface area contributed by atoms with Crippen LogP contribution in [0.4, 0.5) is 0 Å². The molecule has 0 N–H and O–H groups in total. The smallest absolute Gasteiger partial charge is 0.193 e. The van der Waals surface area contributed by atoms with Gasteiger partial charge in [0.25, 0.3) is 0 Å². The number of carbonyl (C=O) groups excluding carboxylic acids is 1. The van der Waals surface area contributed by atoms with Gasteiger partial charge in [0.15, 0.2) is 27.1 Å². The van der Waals surface area contributed by atoms with Crippen LogP contribution in [0.5, 0.6) is 11.5 Å². The van der Waals surface area contributed by atoms with Crippen molar-refractivity contribution < 1.29 is 22.7 Å². The molecule has 0 saturated carbocycles. The van der Waals surface area contributed by atoms with Gasteiger partial charge in [-0.05, 0) is 42.5 Å². The molecule has 0 heterocycles. The first-order chi connectivity index (χ1) is 10.9. The summed E-state index contributed by atoms with van der Waals surface area (Å²) in [5, 5.41) is 0. The fourth-order valence-electron chi connectivity index (χ4n) is 2.12. The summed E-state index contributed by atoms with van der Waals surface area (Å²) >= 11 is 0. The molecule has 2 aromatic carbocycles. The number of carbonyl (C=O) groups is 1. The standard InChI is InChI=1S/C17H18O5S/c1-4-23(19,20)14-8-5-12(6-9-14)17(18)13-7-10-15(21-2)16(11-13)22-3/h5-11H,4H2,1-3H3. The van der Waals surface area contributed by atoms with E-state index in [-0.39, 0.29) is 16.4 Å². The number of ether oxygens (including phenoxy) is 2. The second-order valence-electron chi connectivity index (χ2n) is 4.83. The van der Waals surface area contributed by atoms with E-state index in [0.717, 1.165) is 0 Å². The summed E-state index contributed by atoms with van der Waals surface area (Å²) in [5.74, 6) is 0.805. The van der Waals surface area contributed by atoms with Gasteiger partial charge in [0, 0.05) is 11.1 Å². The fraction of sp³-hybridized carbons (Fsp3) is 0.235. The highest BCUT2D eigenvalue weighted by molar-refractivity contribution is 7.91. The minimum atomic E-state index is -3.27. The van der Waals surface area contributed by atoms with E-state index in [9.17, 15) is 13.2 Å². The van der Waals surface area contributed by atoms with Crippen LogP contribution in [0.15, 0.2) is 47.4 Å². The van der Waals surface area contributed by atoms with Gasteiger partial charge in [-0.1, -0.05) is 6.92 Å². The molecule has 0 aromatic heterocycles. The molecule has 0 fully saturated rings. The topological polar surface area (TPSA) is 69.7 Å². The lowest BCUT2D eigenvalue weighted by atomic mass is 10.0. The van der Waals surface area contributed by atoms with Crippen LogP contribution in [0.1, 0.15) is 22.8 Å². The van der Waals surface area contributed by atoms with Crippen LogP contribution in [0.3, 0.4) is 0 Å². The summed E-state index contributed by atoms with van der Waals surface area (Å²) in [6.07, 6.45) is 0. The zero-order valence-corrected chi connectivity index (χ0v) is 14.0. The van der Waals surface area contributed by atoms with Crippen LogP contribution in [0.25, 0.3) is 0 Å². The summed E-state index contributed by atoms with van der Waals surface area (Å²) in [5.41, 5.74) is 0.848. The van der Waals surface area contributed by atoms with Gasteiger partial charge in [-0.25, -0.2) is 8.42 Å². The van der Waals surface area contributed by atoms with Gasteiger partial charge in [0.05, 0.1) is 24.9 Å². The van der Waals surface area contributed by atoms with Crippen molar-refractivity contribution in [3.8, 4) is 11.5 Å². The van der Waals surface area contributed by atoms with Gasteiger partial charge in [-0.3, -0.25) is 4.79 Å². The third-order valence-electron chi connectivity index (χ3n) is 3.50. The highest BCUT2D eigenvalue weighted by Gasteiger charge is 2.15. The van der Waals surface area contributed by atoms with Crippen molar-refractivity contribution in [2.24, 2.45) is 0 Å². The molecule has 0 aliphatic heterocycles. The Kier molecular flexibility index (Phi) is 5.05. The molecule has 0 spiro atoms. The molecule has 2 aromatic rings. The molecular formula is C17H18O5S. The molecule has 0 radical (unpaired) electrons. The third kappa shape index (κ3) is 3.53. The average molecular weight is 334 g/mol. The Bertz CT molecular complexity index is 807. The van der Waals surface area contributed by atoms with Crippen molar-refractivity contribution in [3.05, 3.63) is 53.6 Å². The minimum absolute atomic E-state index is 0.0238. The third-order valence-corrected chi connectivity index (χ3v) is 5.25. The van der Waals surface area contributed by atoms with Gasteiger partial charge in [-0.15, -0.1) is 0 Å². The zero-order valence-electron chi connectivity index (χ0n) is 13.2. The molecule has 122 valence electrons. The lowest BCUT2D eigenvalue weighted by molar-refractivity contribution is 0.103. The largest absolute Gasteiger partial charge is 0.493 e. The Labute approximate surface area is 135 Å². The monoisotopic (exact) mass is 334 g/mol. The summed E-state index contributed by atoms with van der Waals surface area (Å²) in [6, 6.07) is 10.8. The minimum Gasteiger partial charge on any atom is -0.493 e. The average Bonchev–Trinajstić information content (AvgIpc) is 2.60. The Morgan fingerprint density at radius 2 is 1.48 bits per heavy atom. The van der Waals surface area contributed by atoms with Gasteiger partial charge in [0.2, 0.25) is 0 Å². The predicted molar refractivity (Wildman–Crippen MR) is 87.1 cm³/mol. The fourth-order valence-corrected chi connectivity index (χ4v) is 3.01. The van der Waals surface area contributed by atoms with E-state index in [0.29, 0.717) is 22.6 Å². The number of sulfone groups is 1. The van der Waals surface area contributed by atoms with E-state index in [2.05, 4.69) is 0 Å². The Balaban J connectivity index is 2.34. The van der Waals surface area contributed by atoms with E-state index in [1.54, 1.807) is 25.1 Å². The lowest BCUT2D eigenvalue weighted by Gasteiger charge is -2.09. The summed E-state index contributed by atoms with van der Waals surface area (Å²) in [7, 11) is -0.256. The second kappa shape index (κ2) is 6.83. The van der Waals surface area contributed by atoms with Crippen molar-refractivity contribution in [3.63, 3.8) is 0 Å². The Hall–Kier alpha value is -2.34. The molecular weight excluding hydrogens is 316 g/mol. The van der Waals surface area contributed by atoms with Crippen LogP contribution >= 0.6 is 0 Å². The molecule has 0 aliphatic rings. The van der Waals surface area contributed by atoms with E-state index < -0.39 is 9.84 Å². The molecule has 0 saturated heterocycles. The van der Waals surface area contributed by atoms with Crippen LogP contribution in [-0.2, 0) is 9.84 Å². The second-order valence-corrected chi connectivity index (χ2v) is 7.10. The summed E-state index contributed by atoms with van der Waals surface area (Å²) in [6.45, 7) is 1.58. The van der Waals surface area contributed by atoms with Crippen LogP contribution in [0.2, 0.25) is 0 Å². The quantitative estimate of drug-likeness (QED) is 0.760. The Morgan fingerprint density at radius 1 is 0.913 bits per heavy atom. The van der Waals surface area contributed by atoms with Crippen molar-refractivity contribution in [1.29, 1.82) is 0 Å². The molecule has 0 bridgehead atoms. The number of benzene rings is 2. The molecule has 2 rings (SSSR count). The number of rotatable bonds is 6. The first-order valence-corrected chi connectivity index (χ1v) is 8.67. The first-order valence-electron chi connectivity index (χ1n) is 7.02. The zero-order chi connectivity index (χ0) is 17.0. The number of methoxy groups -OCH3 is 2. The number of hydrogen-bond acceptors (Lipinski definition) is 5. The van der Waals surface area contributed by atoms with Gasteiger partial charge in [0.1, 0.15) is 0 Å². The maximum atomic E-state index is 12.5. The van der Waals surface area contributed by atoms with Crippen LogP contribution in [0, 0.1) is 0 Å². The first kappa shape index (κ1) is 17.0. The number of hydrogen-bond donors (Lipinski definition) is 0. The SMILES string of the molecule is CCS(=O)(=O)c1ccc(C(=O)c2ccc(OC)c(OC)c2)cc1. The normalized spacial score (nSPS) is 11.1. The molecule has 0 amide bonds. The Morgan fingerprint density at radius 3 is 2.00 bits per heavy atom. The molecule has 0 unspecified atom stereocenters. The van der Waals surface area contributed by atoms with Crippen LogP contribution in [-0.4, -0.2) is 34.2 Å².